The Hall–Kier alpha value is -4.60. The van der Waals surface area contributed by atoms with Crippen LogP contribution in [-0.2, 0) is 9.47 Å². The van der Waals surface area contributed by atoms with Crippen molar-refractivity contribution in [1.82, 2.24) is 0 Å². The summed E-state index contributed by atoms with van der Waals surface area (Å²) in [7, 11) is 0. The van der Waals surface area contributed by atoms with Crippen LogP contribution in [0.5, 0.6) is 11.5 Å². The van der Waals surface area contributed by atoms with E-state index in [1.54, 1.807) is 26.0 Å². The first-order valence-electron chi connectivity index (χ1n) is 10.1. The topological polar surface area (TPSA) is 153 Å². The van der Waals surface area contributed by atoms with Crippen LogP contribution in [0.1, 0.15) is 34.6 Å². The number of carbonyl (C=O) groups is 2. The van der Waals surface area contributed by atoms with Crippen LogP contribution in [0.4, 0.5) is 0 Å². The predicted molar refractivity (Wildman–Crippen MR) is 120 cm³/mol. The van der Waals surface area contributed by atoms with Crippen LogP contribution in [0.15, 0.2) is 67.0 Å². The zero-order valence-corrected chi connectivity index (χ0v) is 18.2. The van der Waals surface area contributed by atoms with Gasteiger partial charge in [-0.1, -0.05) is 0 Å². The minimum atomic E-state index is -0.776. The summed E-state index contributed by atoms with van der Waals surface area (Å²) in [6.45, 7) is 3.68. The summed E-state index contributed by atoms with van der Waals surface area (Å²) in [5, 5.41) is 19.6. The van der Waals surface area contributed by atoms with Crippen molar-refractivity contribution in [1.29, 1.82) is 0 Å². The van der Waals surface area contributed by atoms with Gasteiger partial charge in [0.25, 0.3) is 0 Å². The lowest BCUT2D eigenvalue weighted by molar-refractivity contribution is 0.0512. The second-order valence-electron chi connectivity index (χ2n) is 6.78. The number of phenolic OH excluding ortho intramolecular Hbond substituents is 2. The van der Waals surface area contributed by atoms with E-state index in [-0.39, 0.29) is 47.0 Å². The molecule has 0 unspecified atom stereocenters. The molecule has 10 nitrogen and oxygen atoms in total. The highest BCUT2D eigenvalue weighted by Crippen LogP contribution is 2.20. The molecule has 2 aromatic carbocycles. The fourth-order valence-electron chi connectivity index (χ4n) is 2.90. The number of ether oxygens (including phenoxy) is 2. The second kappa shape index (κ2) is 10.3. The lowest BCUT2D eigenvalue weighted by atomic mass is 10.2. The summed E-state index contributed by atoms with van der Waals surface area (Å²) >= 11 is 0. The van der Waals surface area contributed by atoms with Crippen molar-refractivity contribution in [2.45, 2.75) is 13.8 Å². The SMILES string of the molecule is CCOC(=O)c1cc2ccc(O)cc2oc1=O.CCOC(=O)c1cc2ccc(O)cc2oc1=O. The molecule has 4 rings (SSSR count). The first kappa shape index (κ1) is 24.1. The molecule has 0 aliphatic carbocycles. The van der Waals surface area contributed by atoms with Crippen molar-refractivity contribution in [3.8, 4) is 11.5 Å². The van der Waals surface area contributed by atoms with Gasteiger partial charge in [0, 0.05) is 22.9 Å². The number of fused-ring (bicyclic) bond motifs is 2. The summed E-state index contributed by atoms with van der Waals surface area (Å²) < 4.78 is 19.3. The van der Waals surface area contributed by atoms with E-state index in [1.807, 2.05) is 0 Å². The summed E-state index contributed by atoms with van der Waals surface area (Å²) in [4.78, 5) is 45.9. The van der Waals surface area contributed by atoms with Gasteiger partial charge in [0.05, 0.1) is 13.2 Å². The van der Waals surface area contributed by atoms with E-state index < -0.39 is 23.2 Å². The number of hydrogen-bond acceptors (Lipinski definition) is 10. The van der Waals surface area contributed by atoms with Crippen LogP contribution in [0.2, 0.25) is 0 Å². The van der Waals surface area contributed by atoms with E-state index in [1.165, 1.54) is 36.4 Å². The van der Waals surface area contributed by atoms with Gasteiger partial charge < -0.3 is 28.5 Å². The van der Waals surface area contributed by atoms with E-state index in [0.29, 0.717) is 10.8 Å². The maximum Gasteiger partial charge on any atom is 0.351 e. The number of carbonyl (C=O) groups excluding carboxylic acids is 2. The average Bonchev–Trinajstić information content (AvgIpc) is 2.78. The third kappa shape index (κ3) is 5.41. The van der Waals surface area contributed by atoms with Gasteiger partial charge in [-0.2, -0.15) is 0 Å². The molecular formula is C24H20O10. The van der Waals surface area contributed by atoms with Crippen molar-refractivity contribution < 1.29 is 38.1 Å². The van der Waals surface area contributed by atoms with Gasteiger partial charge in [-0.15, -0.1) is 0 Å². The Kier molecular flexibility index (Phi) is 7.32. The molecule has 10 heteroatoms. The highest BCUT2D eigenvalue weighted by atomic mass is 16.5. The van der Waals surface area contributed by atoms with E-state index in [2.05, 4.69) is 0 Å². The van der Waals surface area contributed by atoms with Gasteiger partial charge in [0.1, 0.15) is 33.8 Å². The Labute approximate surface area is 191 Å². The van der Waals surface area contributed by atoms with Crippen LogP contribution >= 0.6 is 0 Å². The molecule has 0 saturated heterocycles. The first-order chi connectivity index (χ1) is 16.2. The summed E-state index contributed by atoms with van der Waals surface area (Å²) in [6, 6.07) is 11.4. The third-order valence-corrected chi connectivity index (χ3v) is 4.43. The molecule has 0 atom stereocenters. The number of rotatable bonds is 4. The van der Waals surface area contributed by atoms with Crippen molar-refractivity contribution >= 4 is 33.9 Å². The van der Waals surface area contributed by atoms with E-state index in [0.717, 1.165) is 0 Å². The standard InChI is InChI=1S/2C12H10O5/c2*1-2-16-11(14)9-5-7-3-4-8(13)6-10(7)17-12(9)15/h2*3-6,13H,2H2,1H3. The molecule has 0 aliphatic rings. The Morgan fingerprint density at radius 3 is 1.44 bits per heavy atom. The van der Waals surface area contributed by atoms with Crippen LogP contribution in [-0.4, -0.2) is 35.4 Å². The second-order valence-corrected chi connectivity index (χ2v) is 6.78. The number of phenols is 2. The average molecular weight is 468 g/mol. The third-order valence-electron chi connectivity index (χ3n) is 4.43. The molecule has 0 fully saturated rings. The molecule has 0 aliphatic heterocycles. The molecule has 0 bridgehead atoms. The van der Waals surface area contributed by atoms with Gasteiger partial charge in [-0.05, 0) is 50.2 Å². The largest absolute Gasteiger partial charge is 0.508 e. The zero-order valence-electron chi connectivity index (χ0n) is 18.2. The molecule has 0 amide bonds. The molecule has 0 radical (unpaired) electrons. The molecule has 4 aromatic rings. The molecule has 2 N–H and O–H groups in total. The van der Waals surface area contributed by atoms with Crippen LogP contribution in [0, 0.1) is 0 Å². The molecule has 34 heavy (non-hydrogen) atoms. The van der Waals surface area contributed by atoms with E-state index in [4.69, 9.17) is 18.3 Å². The monoisotopic (exact) mass is 468 g/mol. The lowest BCUT2D eigenvalue weighted by Gasteiger charge is -2.02. The minimum Gasteiger partial charge on any atom is -0.508 e. The predicted octanol–water partition coefficient (Wildman–Crippen LogP) is 3.35. The Bertz CT molecular complexity index is 1370. The quantitative estimate of drug-likeness (QED) is 0.337. The van der Waals surface area contributed by atoms with Crippen LogP contribution in [0.3, 0.4) is 0 Å². The van der Waals surface area contributed by atoms with E-state index >= 15 is 0 Å². The molecule has 2 aromatic heterocycles. The molecule has 2 heterocycles. The summed E-state index contributed by atoms with van der Waals surface area (Å²) in [5.41, 5.74) is -1.40. The van der Waals surface area contributed by atoms with Gasteiger partial charge in [0.15, 0.2) is 0 Å². The highest BCUT2D eigenvalue weighted by Gasteiger charge is 2.15. The zero-order chi connectivity index (χ0) is 24.8. The van der Waals surface area contributed by atoms with Gasteiger partial charge >= 0.3 is 23.2 Å². The Morgan fingerprint density at radius 2 is 1.09 bits per heavy atom. The summed E-state index contributed by atoms with van der Waals surface area (Å²) in [5.74, 6) is -1.44. The Balaban J connectivity index is 0.000000191. The van der Waals surface area contributed by atoms with Crippen molar-refractivity contribution in [2.24, 2.45) is 0 Å². The number of hydrogen-bond donors (Lipinski definition) is 2. The van der Waals surface area contributed by atoms with Crippen molar-refractivity contribution in [3.05, 3.63) is 80.5 Å². The Morgan fingerprint density at radius 1 is 0.706 bits per heavy atom. The number of esters is 2. The fraction of sp³-hybridized carbons (Fsp3) is 0.167. The molecule has 176 valence electrons. The smallest absolute Gasteiger partial charge is 0.351 e. The van der Waals surface area contributed by atoms with Gasteiger partial charge in [-0.3, -0.25) is 0 Å². The molecule has 0 saturated carbocycles. The number of aromatic hydroxyl groups is 2. The normalized spacial score (nSPS) is 10.4. The maximum atomic E-state index is 11.5. The van der Waals surface area contributed by atoms with E-state index in [9.17, 15) is 29.4 Å². The van der Waals surface area contributed by atoms with Crippen LogP contribution < -0.4 is 11.3 Å². The first-order valence-corrected chi connectivity index (χ1v) is 10.1. The fourth-order valence-corrected chi connectivity index (χ4v) is 2.90. The minimum absolute atomic E-state index is 0.00969. The number of benzene rings is 2. The maximum absolute atomic E-state index is 11.5. The highest BCUT2D eigenvalue weighted by molar-refractivity contribution is 5.93. The molecular weight excluding hydrogens is 448 g/mol. The van der Waals surface area contributed by atoms with Crippen LogP contribution in [0.25, 0.3) is 21.9 Å². The van der Waals surface area contributed by atoms with Crippen molar-refractivity contribution in [3.63, 3.8) is 0 Å². The van der Waals surface area contributed by atoms with Crippen molar-refractivity contribution in [2.75, 3.05) is 13.2 Å². The van der Waals surface area contributed by atoms with Gasteiger partial charge in [0.2, 0.25) is 0 Å². The lowest BCUT2D eigenvalue weighted by Crippen LogP contribution is -2.16. The summed E-state index contributed by atoms with van der Waals surface area (Å²) in [6.07, 6.45) is 0. The molecule has 0 spiro atoms. The van der Waals surface area contributed by atoms with Gasteiger partial charge in [-0.25, -0.2) is 19.2 Å².